The van der Waals surface area contributed by atoms with Gasteiger partial charge in [0.15, 0.2) is 11.6 Å². The highest BCUT2D eigenvalue weighted by molar-refractivity contribution is 7.18. The molecular weight excluding hydrogens is 514 g/mol. The van der Waals surface area contributed by atoms with Crippen LogP contribution in [-0.4, -0.2) is 78.9 Å². The van der Waals surface area contributed by atoms with Gasteiger partial charge in [0, 0.05) is 50.4 Å². The normalized spacial score (nSPS) is 11.1. The van der Waals surface area contributed by atoms with Gasteiger partial charge in [-0.2, -0.15) is 4.98 Å². The number of benzene rings is 1. The largest absolute Gasteiger partial charge is 0.494 e. The predicted molar refractivity (Wildman–Crippen MR) is 160 cm³/mol. The van der Waals surface area contributed by atoms with E-state index >= 15 is 0 Å². The molecule has 3 N–H and O–H groups in total. The summed E-state index contributed by atoms with van der Waals surface area (Å²) in [4.78, 5) is 27.9. The fourth-order valence-electron chi connectivity index (χ4n) is 4.03. The Morgan fingerprint density at radius 3 is 2.67 bits per heavy atom. The van der Waals surface area contributed by atoms with E-state index in [9.17, 15) is 4.79 Å². The van der Waals surface area contributed by atoms with Crippen molar-refractivity contribution in [2.45, 2.75) is 13.3 Å². The van der Waals surface area contributed by atoms with Crippen LogP contribution in [0.3, 0.4) is 0 Å². The standard InChI is InChI=1S/C27H35N9O2S/c1-8-17-14-18-25(28-3)33-36(26(18)39-17)23-10-11-29-27(32-23)31-20-15-19(30-24(37)9-2)21(16-22(20)38-7)35(6)13-12-34(4)5/h9-11,14-16H,2,8,12-13H2,1,3-7H3,(H,28,33)(H,30,37)(H,29,31,32). The maximum atomic E-state index is 12.3. The molecule has 4 aromatic rings. The summed E-state index contributed by atoms with van der Waals surface area (Å²) in [6, 6.07) is 7.68. The van der Waals surface area contributed by atoms with Crippen molar-refractivity contribution < 1.29 is 9.53 Å². The number of thiophene rings is 1. The Balaban J connectivity index is 1.71. The van der Waals surface area contributed by atoms with Crippen molar-refractivity contribution in [3.8, 4) is 11.6 Å². The lowest BCUT2D eigenvalue weighted by Gasteiger charge is -2.26. The molecular formula is C27H35N9O2S. The number of hydrogen-bond donors (Lipinski definition) is 3. The van der Waals surface area contributed by atoms with Gasteiger partial charge in [0.05, 0.1) is 29.6 Å². The van der Waals surface area contributed by atoms with Gasteiger partial charge >= 0.3 is 0 Å². The van der Waals surface area contributed by atoms with E-state index < -0.39 is 0 Å². The summed E-state index contributed by atoms with van der Waals surface area (Å²) in [5.74, 6) is 2.06. The summed E-state index contributed by atoms with van der Waals surface area (Å²) < 4.78 is 7.54. The number of likely N-dealkylation sites (N-methyl/N-ethyl adjacent to an activating group) is 2. The first-order valence-corrected chi connectivity index (χ1v) is 13.4. The van der Waals surface area contributed by atoms with E-state index in [1.54, 1.807) is 24.6 Å². The summed E-state index contributed by atoms with van der Waals surface area (Å²) in [6.45, 7) is 7.31. The zero-order valence-electron chi connectivity index (χ0n) is 23.2. The zero-order valence-corrected chi connectivity index (χ0v) is 24.0. The number of carbonyl (C=O) groups is 1. The first-order chi connectivity index (χ1) is 18.8. The first-order valence-electron chi connectivity index (χ1n) is 12.6. The third-order valence-electron chi connectivity index (χ3n) is 6.16. The van der Waals surface area contributed by atoms with E-state index in [4.69, 9.17) is 14.8 Å². The fraction of sp³-hybridized carbons (Fsp3) is 0.333. The number of methoxy groups -OCH3 is 1. The fourth-order valence-corrected chi connectivity index (χ4v) is 5.08. The van der Waals surface area contributed by atoms with Crippen molar-refractivity contribution >= 4 is 56.3 Å². The number of carbonyl (C=O) groups excluding carboxylic acids is 1. The van der Waals surface area contributed by atoms with Gasteiger partial charge in [0.2, 0.25) is 11.9 Å². The molecule has 206 valence electrons. The summed E-state index contributed by atoms with van der Waals surface area (Å²) in [5, 5.41) is 15.1. The van der Waals surface area contributed by atoms with E-state index in [0.29, 0.717) is 28.9 Å². The maximum Gasteiger partial charge on any atom is 0.247 e. The number of nitrogens with zero attached hydrogens (tertiary/aromatic N) is 6. The Morgan fingerprint density at radius 2 is 2.00 bits per heavy atom. The molecule has 0 aliphatic heterocycles. The molecule has 0 aliphatic rings. The van der Waals surface area contributed by atoms with Gasteiger partial charge < -0.3 is 30.5 Å². The molecule has 0 atom stereocenters. The molecule has 0 radical (unpaired) electrons. The van der Waals surface area contributed by atoms with Gasteiger partial charge in [-0.1, -0.05) is 13.5 Å². The third-order valence-corrected chi connectivity index (χ3v) is 7.41. The Bertz CT molecular complexity index is 1480. The second-order valence-corrected chi connectivity index (χ2v) is 10.3. The summed E-state index contributed by atoms with van der Waals surface area (Å²) in [7, 11) is 9.47. The molecule has 1 amide bonds. The number of ether oxygens (including phenoxy) is 1. The SMILES string of the molecule is C=CC(=O)Nc1cc(Nc2nccc(-n3nc(NC)c4cc(CC)sc43)n2)c(OC)cc1N(C)CCN(C)C. The smallest absolute Gasteiger partial charge is 0.247 e. The minimum absolute atomic E-state index is 0.308. The highest BCUT2D eigenvalue weighted by atomic mass is 32.1. The van der Waals surface area contributed by atoms with E-state index in [0.717, 1.165) is 41.2 Å². The molecule has 1 aromatic carbocycles. The van der Waals surface area contributed by atoms with Crippen LogP contribution >= 0.6 is 11.3 Å². The quantitative estimate of drug-likeness (QED) is 0.222. The molecule has 4 rings (SSSR count). The summed E-state index contributed by atoms with van der Waals surface area (Å²) in [5.41, 5.74) is 2.02. The van der Waals surface area contributed by atoms with Crippen molar-refractivity contribution in [3.05, 3.63) is 48.0 Å². The lowest BCUT2D eigenvalue weighted by atomic mass is 10.2. The van der Waals surface area contributed by atoms with Gasteiger partial charge in [0.1, 0.15) is 10.6 Å². The van der Waals surface area contributed by atoms with Crippen LogP contribution in [0.1, 0.15) is 11.8 Å². The Morgan fingerprint density at radius 1 is 1.21 bits per heavy atom. The van der Waals surface area contributed by atoms with Crippen molar-refractivity contribution in [1.82, 2.24) is 24.6 Å². The Labute approximate surface area is 232 Å². The third kappa shape index (κ3) is 6.13. The van der Waals surface area contributed by atoms with E-state index in [1.807, 2.05) is 51.1 Å². The van der Waals surface area contributed by atoms with Crippen LogP contribution in [0.15, 0.2) is 43.1 Å². The maximum absolute atomic E-state index is 12.3. The van der Waals surface area contributed by atoms with Gasteiger partial charge in [0.25, 0.3) is 0 Å². The molecule has 0 bridgehead atoms. The lowest BCUT2D eigenvalue weighted by Crippen LogP contribution is -2.29. The number of rotatable bonds is 12. The van der Waals surface area contributed by atoms with Crippen LogP contribution in [0.4, 0.5) is 28.8 Å². The average Bonchev–Trinajstić information content (AvgIpc) is 3.51. The predicted octanol–water partition coefficient (Wildman–Crippen LogP) is 4.36. The monoisotopic (exact) mass is 549 g/mol. The van der Waals surface area contributed by atoms with Crippen LogP contribution < -0.4 is 25.6 Å². The second-order valence-electron chi connectivity index (χ2n) is 9.15. The number of anilines is 5. The number of hydrogen-bond acceptors (Lipinski definition) is 10. The summed E-state index contributed by atoms with van der Waals surface area (Å²) >= 11 is 1.69. The molecule has 3 heterocycles. The first kappa shape index (κ1) is 27.9. The summed E-state index contributed by atoms with van der Waals surface area (Å²) in [6.07, 6.45) is 3.87. The van der Waals surface area contributed by atoms with E-state index in [-0.39, 0.29) is 5.91 Å². The van der Waals surface area contributed by atoms with Crippen LogP contribution in [0, 0.1) is 0 Å². The number of fused-ring (bicyclic) bond motifs is 1. The van der Waals surface area contributed by atoms with Crippen LogP contribution in [0.5, 0.6) is 5.75 Å². The molecule has 0 unspecified atom stereocenters. The number of nitrogens with one attached hydrogen (secondary N) is 3. The molecule has 12 heteroatoms. The highest BCUT2D eigenvalue weighted by Gasteiger charge is 2.18. The van der Waals surface area contributed by atoms with Crippen molar-refractivity contribution in [1.29, 1.82) is 0 Å². The minimum Gasteiger partial charge on any atom is -0.494 e. The number of aryl methyl sites for hydroxylation is 1. The molecule has 39 heavy (non-hydrogen) atoms. The molecule has 3 aromatic heterocycles. The highest BCUT2D eigenvalue weighted by Crippen LogP contribution is 2.38. The van der Waals surface area contributed by atoms with Gasteiger partial charge in [-0.05, 0) is 38.7 Å². The average molecular weight is 550 g/mol. The topological polar surface area (TPSA) is 112 Å². The van der Waals surface area contributed by atoms with Crippen LogP contribution in [0.2, 0.25) is 0 Å². The van der Waals surface area contributed by atoms with Crippen LogP contribution in [0.25, 0.3) is 16.0 Å². The molecule has 0 saturated heterocycles. The minimum atomic E-state index is -0.308. The van der Waals surface area contributed by atoms with Gasteiger partial charge in [-0.15, -0.1) is 16.4 Å². The molecule has 0 spiro atoms. The van der Waals surface area contributed by atoms with E-state index in [1.165, 1.54) is 11.0 Å². The lowest BCUT2D eigenvalue weighted by molar-refractivity contribution is -0.111. The number of amides is 1. The van der Waals surface area contributed by atoms with Gasteiger partial charge in [-0.25, -0.2) is 9.67 Å². The van der Waals surface area contributed by atoms with Crippen molar-refractivity contribution in [2.24, 2.45) is 0 Å². The molecule has 11 nitrogen and oxygen atoms in total. The van der Waals surface area contributed by atoms with E-state index in [2.05, 4.69) is 50.3 Å². The number of aromatic nitrogens is 4. The molecule has 0 aliphatic carbocycles. The zero-order chi connectivity index (χ0) is 28.1. The van der Waals surface area contributed by atoms with Gasteiger partial charge in [-0.3, -0.25) is 4.79 Å². The van der Waals surface area contributed by atoms with Crippen molar-refractivity contribution in [3.63, 3.8) is 0 Å². The molecule has 0 fully saturated rings. The Hall–Kier alpha value is -4.16. The van der Waals surface area contributed by atoms with Crippen molar-refractivity contribution in [2.75, 3.05) is 69.2 Å². The Kier molecular flexibility index (Phi) is 8.67. The molecule has 0 saturated carbocycles. The van der Waals surface area contributed by atoms with Crippen LogP contribution in [-0.2, 0) is 11.2 Å². The second kappa shape index (κ2) is 12.1.